The first kappa shape index (κ1) is 25.6. The van der Waals surface area contributed by atoms with E-state index in [-0.39, 0.29) is 17.2 Å². The van der Waals surface area contributed by atoms with E-state index in [4.69, 9.17) is 9.47 Å². The molecule has 188 valence electrons. The van der Waals surface area contributed by atoms with Crippen LogP contribution in [0.5, 0.6) is 11.5 Å². The average molecular weight is 526 g/mol. The van der Waals surface area contributed by atoms with Crippen LogP contribution in [0.15, 0.2) is 65.6 Å². The van der Waals surface area contributed by atoms with Crippen molar-refractivity contribution in [2.75, 3.05) is 14.2 Å². The number of benzene rings is 3. The highest BCUT2D eigenvalue weighted by Crippen LogP contribution is 2.29. The van der Waals surface area contributed by atoms with Gasteiger partial charge in [0.1, 0.15) is 22.5 Å². The zero-order valence-electron chi connectivity index (χ0n) is 20.4. The van der Waals surface area contributed by atoms with Gasteiger partial charge in [0.2, 0.25) is 5.91 Å². The number of amides is 1. The molecule has 1 amide bonds. The molecule has 4 rings (SSSR count). The molecule has 0 bridgehead atoms. The second-order valence-corrected chi connectivity index (χ2v) is 10.9. The minimum atomic E-state index is -4.08. The number of aromatic nitrogens is 2. The molecular formula is C26H27N3O5S2. The standard InChI is InChI=1S/C26H27N3O5S2/c1-16(2)18-5-8-22(9-6-18)36(31,32)29-26(30)23(19-7-10-24-25(14-19)28-35-27-24)13-17-11-20(33-3)15-21(12-17)34-4/h5-12,14-16,23H,13H2,1-4H3,(H,29,30). The number of methoxy groups -OCH3 is 2. The van der Waals surface area contributed by atoms with Crippen LogP contribution >= 0.6 is 11.7 Å². The maximum absolute atomic E-state index is 13.5. The van der Waals surface area contributed by atoms with E-state index in [0.29, 0.717) is 28.1 Å². The third-order valence-electron chi connectivity index (χ3n) is 5.94. The Hall–Kier alpha value is -3.50. The van der Waals surface area contributed by atoms with Crippen molar-refractivity contribution in [2.24, 2.45) is 0 Å². The van der Waals surface area contributed by atoms with Crippen molar-refractivity contribution in [3.05, 3.63) is 77.4 Å². The predicted molar refractivity (Wildman–Crippen MR) is 139 cm³/mol. The van der Waals surface area contributed by atoms with E-state index >= 15 is 0 Å². The summed E-state index contributed by atoms with van der Waals surface area (Å²) in [7, 11) is -0.990. The molecule has 36 heavy (non-hydrogen) atoms. The molecule has 1 aromatic heterocycles. The number of nitrogens with one attached hydrogen (secondary N) is 1. The molecule has 3 aromatic carbocycles. The summed E-state index contributed by atoms with van der Waals surface area (Å²) >= 11 is 1.08. The Kier molecular flexibility index (Phi) is 7.56. The van der Waals surface area contributed by atoms with Gasteiger partial charge in [0.05, 0.1) is 36.8 Å². The van der Waals surface area contributed by atoms with E-state index in [9.17, 15) is 13.2 Å². The number of carbonyl (C=O) groups excluding carboxylic acids is 1. The van der Waals surface area contributed by atoms with Crippen molar-refractivity contribution in [1.82, 2.24) is 13.5 Å². The van der Waals surface area contributed by atoms with E-state index in [0.717, 1.165) is 22.9 Å². The lowest BCUT2D eigenvalue weighted by Gasteiger charge is -2.19. The van der Waals surface area contributed by atoms with Gasteiger partial charge in [-0.05, 0) is 65.4 Å². The van der Waals surface area contributed by atoms with Crippen LogP contribution in [0.2, 0.25) is 0 Å². The first-order valence-electron chi connectivity index (χ1n) is 11.3. The number of nitrogens with zero attached hydrogens (tertiary/aromatic N) is 2. The van der Waals surface area contributed by atoms with Crippen molar-refractivity contribution in [3.63, 3.8) is 0 Å². The Balaban J connectivity index is 1.69. The van der Waals surface area contributed by atoms with Crippen LogP contribution in [0.3, 0.4) is 0 Å². The lowest BCUT2D eigenvalue weighted by atomic mass is 9.91. The van der Waals surface area contributed by atoms with Crippen molar-refractivity contribution in [1.29, 1.82) is 0 Å². The van der Waals surface area contributed by atoms with Crippen LogP contribution in [-0.2, 0) is 21.2 Å². The van der Waals surface area contributed by atoms with Gasteiger partial charge in [0.25, 0.3) is 10.0 Å². The maximum Gasteiger partial charge on any atom is 0.264 e. The second-order valence-electron chi connectivity index (χ2n) is 8.68. The summed E-state index contributed by atoms with van der Waals surface area (Å²) in [6.45, 7) is 4.05. The van der Waals surface area contributed by atoms with E-state index in [2.05, 4.69) is 13.5 Å². The predicted octanol–water partition coefficient (Wildman–Crippen LogP) is 4.66. The fraction of sp³-hybridized carbons (Fsp3) is 0.269. The van der Waals surface area contributed by atoms with Gasteiger partial charge in [-0.3, -0.25) is 4.79 Å². The third-order valence-corrected chi connectivity index (χ3v) is 7.86. The zero-order chi connectivity index (χ0) is 25.9. The van der Waals surface area contributed by atoms with Crippen LogP contribution < -0.4 is 14.2 Å². The van der Waals surface area contributed by atoms with Gasteiger partial charge in [-0.15, -0.1) is 0 Å². The summed E-state index contributed by atoms with van der Waals surface area (Å²) in [4.78, 5) is 13.5. The second kappa shape index (κ2) is 10.6. The van der Waals surface area contributed by atoms with Crippen molar-refractivity contribution >= 4 is 38.7 Å². The van der Waals surface area contributed by atoms with Crippen LogP contribution in [0.4, 0.5) is 0 Å². The molecule has 10 heteroatoms. The summed E-state index contributed by atoms with van der Waals surface area (Å²) in [5.41, 5.74) is 3.74. The average Bonchev–Trinajstić information content (AvgIpc) is 3.34. The quantitative estimate of drug-likeness (QED) is 0.339. The first-order chi connectivity index (χ1) is 17.2. The molecule has 8 nitrogen and oxygen atoms in total. The summed E-state index contributed by atoms with van der Waals surface area (Å²) in [5.74, 6) is -0.0679. The number of hydrogen-bond donors (Lipinski definition) is 1. The fourth-order valence-corrected chi connectivity index (χ4v) is 5.43. The SMILES string of the molecule is COc1cc(CC(C(=O)NS(=O)(=O)c2ccc(C(C)C)cc2)c2ccc3nsnc3c2)cc(OC)c1. The molecule has 1 heterocycles. The highest BCUT2D eigenvalue weighted by Gasteiger charge is 2.27. The molecule has 0 saturated carbocycles. The van der Waals surface area contributed by atoms with Crippen LogP contribution in [-0.4, -0.2) is 37.3 Å². The minimum Gasteiger partial charge on any atom is -0.497 e. The van der Waals surface area contributed by atoms with Gasteiger partial charge >= 0.3 is 0 Å². The molecule has 0 aliphatic carbocycles. The Morgan fingerprint density at radius 2 is 1.50 bits per heavy atom. The maximum atomic E-state index is 13.5. The van der Waals surface area contributed by atoms with Crippen molar-refractivity contribution in [3.8, 4) is 11.5 Å². The highest BCUT2D eigenvalue weighted by molar-refractivity contribution is 7.90. The van der Waals surface area contributed by atoms with Gasteiger partial charge < -0.3 is 9.47 Å². The van der Waals surface area contributed by atoms with Gasteiger partial charge in [-0.1, -0.05) is 32.0 Å². The van der Waals surface area contributed by atoms with E-state index in [1.165, 1.54) is 12.1 Å². The summed E-state index contributed by atoms with van der Waals surface area (Å²) in [5, 5.41) is 0. The molecule has 1 N–H and O–H groups in total. The van der Waals surface area contributed by atoms with Gasteiger partial charge in [0.15, 0.2) is 0 Å². The Bertz CT molecular complexity index is 1460. The Morgan fingerprint density at radius 3 is 2.11 bits per heavy atom. The number of rotatable bonds is 9. The Morgan fingerprint density at radius 1 is 0.889 bits per heavy atom. The largest absolute Gasteiger partial charge is 0.497 e. The monoisotopic (exact) mass is 525 g/mol. The molecule has 0 radical (unpaired) electrons. The summed E-state index contributed by atoms with van der Waals surface area (Å²) in [6.07, 6.45) is 0.213. The molecule has 0 aliphatic heterocycles. The fourth-order valence-electron chi connectivity index (χ4n) is 3.89. The van der Waals surface area contributed by atoms with E-state index < -0.39 is 21.8 Å². The van der Waals surface area contributed by atoms with E-state index in [1.807, 2.05) is 13.8 Å². The van der Waals surface area contributed by atoms with Crippen molar-refractivity contribution < 1.29 is 22.7 Å². The molecular weight excluding hydrogens is 498 g/mol. The number of ether oxygens (including phenoxy) is 2. The first-order valence-corrected chi connectivity index (χ1v) is 13.5. The molecule has 0 saturated heterocycles. The van der Waals surface area contributed by atoms with Gasteiger partial charge in [-0.25, -0.2) is 13.1 Å². The summed E-state index contributed by atoms with van der Waals surface area (Å²) in [6, 6.07) is 17.2. The van der Waals surface area contributed by atoms with Gasteiger partial charge in [-0.2, -0.15) is 8.75 Å². The van der Waals surface area contributed by atoms with Gasteiger partial charge in [0, 0.05) is 6.07 Å². The highest BCUT2D eigenvalue weighted by atomic mass is 32.2. The van der Waals surface area contributed by atoms with Crippen LogP contribution in [0.1, 0.15) is 42.4 Å². The molecule has 1 unspecified atom stereocenters. The smallest absolute Gasteiger partial charge is 0.264 e. The normalized spacial score (nSPS) is 12.5. The number of fused-ring (bicyclic) bond motifs is 1. The Labute approximate surface area is 214 Å². The number of sulfonamides is 1. The topological polar surface area (TPSA) is 107 Å². The molecule has 0 fully saturated rings. The van der Waals surface area contributed by atoms with E-state index in [1.54, 1.807) is 62.8 Å². The lowest BCUT2D eigenvalue weighted by Crippen LogP contribution is -2.35. The lowest BCUT2D eigenvalue weighted by molar-refractivity contribution is -0.120. The molecule has 1 atom stereocenters. The summed E-state index contributed by atoms with van der Waals surface area (Å²) < 4.78 is 47.7. The zero-order valence-corrected chi connectivity index (χ0v) is 22.0. The van der Waals surface area contributed by atoms with Crippen LogP contribution in [0, 0.1) is 0 Å². The van der Waals surface area contributed by atoms with Crippen molar-refractivity contribution in [2.45, 2.75) is 37.0 Å². The number of hydrogen-bond acceptors (Lipinski definition) is 8. The number of carbonyl (C=O) groups is 1. The minimum absolute atomic E-state index is 0.0289. The molecule has 4 aromatic rings. The third kappa shape index (κ3) is 5.66. The molecule has 0 spiro atoms. The van der Waals surface area contributed by atoms with Crippen LogP contribution in [0.25, 0.3) is 11.0 Å². The molecule has 0 aliphatic rings.